The highest BCUT2D eigenvalue weighted by Gasteiger charge is 2.01. The molecular weight excluding hydrogens is 232 g/mol. The van der Waals surface area contributed by atoms with E-state index in [1.165, 1.54) is 6.92 Å². The first kappa shape index (κ1) is 14.3. The Labute approximate surface area is 107 Å². The van der Waals surface area contributed by atoms with Crippen LogP contribution in [0, 0.1) is 0 Å². The molecule has 1 amide bonds. The fraction of sp³-hybridized carbons (Fsp3) is 0.385. The standard InChI is InChI=1S/C13H18N2O3/c1-10(16)15-12-6-4-11(5-7-12)8-14-9-13(17-2)18-3/h4-8,13H,9H2,1-3H3,(H,15,16). The average Bonchev–Trinajstić information content (AvgIpc) is 2.36. The summed E-state index contributed by atoms with van der Waals surface area (Å²) in [7, 11) is 3.15. The summed E-state index contributed by atoms with van der Waals surface area (Å²) in [5, 5.41) is 2.70. The lowest BCUT2D eigenvalue weighted by Crippen LogP contribution is -2.16. The number of carbonyl (C=O) groups is 1. The third-order valence-corrected chi connectivity index (χ3v) is 2.25. The molecule has 5 heteroatoms. The Kier molecular flexibility index (Phi) is 6.04. The maximum absolute atomic E-state index is 10.8. The van der Waals surface area contributed by atoms with Gasteiger partial charge in [0.15, 0.2) is 6.29 Å². The van der Waals surface area contributed by atoms with Gasteiger partial charge in [-0.15, -0.1) is 0 Å². The zero-order valence-corrected chi connectivity index (χ0v) is 10.8. The third-order valence-electron chi connectivity index (χ3n) is 2.25. The average molecular weight is 250 g/mol. The molecule has 0 aliphatic rings. The molecule has 0 fully saturated rings. The Hall–Kier alpha value is -1.72. The Morgan fingerprint density at radius 2 is 1.94 bits per heavy atom. The van der Waals surface area contributed by atoms with Gasteiger partial charge in [-0.1, -0.05) is 12.1 Å². The zero-order chi connectivity index (χ0) is 13.4. The van der Waals surface area contributed by atoms with E-state index in [1.807, 2.05) is 24.3 Å². The van der Waals surface area contributed by atoms with Crippen LogP contribution in [0.5, 0.6) is 0 Å². The number of anilines is 1. The van der Waals surface area contributed by atoms with Crippen molar-refractivity contribution >= 4 is 17.8 Å². The van der Waals surface area contributed by atoms with Crippen LogP contribution in [0.1, 0.15) is 12.5 Å². The Morgan fingerprint density at radius 3 is 2.44 bits per heavy atom. The van der Waals surface area contributed by atoms with E-state index in [1.54, 1.807) is 20.4 Å². The first-order chi connectivity index (χ1) is 8.65. The van der Waals surface area contributed by atoms with Crippen molar-refractivity contribution in [2.24, 2.45) is 4.99 Å². The van der Waals surface area contributed by atoms with Crippen LogP contribution in [-0.2, 0) is 14.3 Å². The SMILES string of the molecule is COC(CN=Cc1ccc(NC(C)=O)cc1)OC. The Morgan fingerprint density at radius 1 is 1.33 bits per heavy atom. The predicted molar refractivity (Wildman–Crippen MR) is 71.0 cm³/mol. The Bertz CT molecular complexity index is 397. The topological polar surface area (TPSA) is 59.9 Å². The molecule has 1 aromatic rings. The van der Waals surface area contributed by atoms with E-state index < -0.39 is 0 Å². The van der Waals surface area contributed by atoms with Crippen molar-refractivity contribution < 1.29 is 14.3 Å². The molecule has 1 N–H and O–H groups in total. The maximum atomic E-state index is 10.8. The minimum absolute atomic E-state index is 0.0838. The second-order valence-electron chi connectivity index (χ2n) is 3.70. The summed E-state index contributed by atoms with van der Waals surface area (Å²) in [6.45, 7) is 1.92. The molecule has 0 unspecified atom stereocenters. The second kappa shape index (κ2) is 7.58. The summed E-state index contributed by atoms with van der Waals surface area (Å²) in [5.74, 6) is -0.0838. The molecule has 0 bridgehead atoms. The molecule has 0 saturated carbocycles. The lowest BCUT2D eigenvalue weighted by atomic mass is 10.2. The summed E-state index contributed by atoms with van der Waals surface area (Å²) in [6.07, 6.45) is 1.42. The normalized spacial score (nSPS) is 11.1. The van der Waals surface area contributed by atoms with Gasteiger partial charge in [-0.2, -0.15) is 0 Å². The highest BCUT2D eigenvalue weighted by Crippen LogP contribution is 2.08. The lowest BCUT2D eigenvalue weighted by molar-refractivity contribution is -0.114. The molecule has 18 heavy (non-hydrogen) atoms. The van der Waals surface area contributed by atoms with Crippen molar-refractivity contribution in [3.63, 3.8) is 0 Å². The number of hydrogen-bond acceptors (Lipinski definition) is 4. The lowest BCUT2D eigenvalue weighted by Gasteiger charge is -2.09. The molecule has 5 nitrogen and oxygen atoms in total. The molecule has 0 radical (unpaired) electrons. The summed E-state index contributed by atoms with van der Waals surface area (Å²) < 4.78 is 10.0. The molecular formula is C13H18N2O3. The third kappa shape index (κ3) is 5.07. The number of methoxy groups -OCH3 is 2. The summed E-state index contributed by atoms with van der Waals surface area (Å²) in [6, 6.07) is 7.41. The fourth-order valence-electron chi connectivity index (χ4n) is 1.35. The second-order valence-corrected chi connectivity index (χ2v) is 3.70. The summed E-state index contributed by atoms with van der Waals surface area (Å²) in [4.78, 5) is 15.1. The van der Waals surface area contributed by atoms with Crippen LogP contribution in [0.2, 0.25) is 0 Å². The van der Waals surface area contributed by atoms with Gasteiger partial charge in [-0.3, -0.25) is 9.79 Å². The van der Waals surface area contributed by atoms with Crippen molar-refractivity contribution in [1.82, 2.24) is 0 Å². The largest absolute Gasteiger partial charge is 0.354 e. The van der Waals surface area contributed by atoms with Gasteiger partial charge in [0.2, 0.25) is 5.91 Å². The molecule has 0 saturated heterocycles. The van der Waals surface area contributed by atoms with E-state index >= 15 is 0 Å². The molecule has 0 aromatic heterocycles. The van der Waals surface area contributed by atoms with Gasteiger partial charge in [-0.05, 0) is 17.7 Å². The van der Waals surface area contributed by atoms with Crippen LogP contribution in [0.15, 0.2) is 29.3 Å². The molecule has 0 heterocycles. The van der Waals surface area contributed by atoms with Gasteiger partial charge in [0.25, 0.3) is 0 Å². The van der Waals surface area contributed by atoms with Gasteiger partial charge in [0.05, 0.1) is 6.54 Å². The molecule has 0 spiro atoms. The first-order valence-electron chi connectivity index (χ1n) is 5.58. The van der Waals surface area contributed by atoms with Crippen LogP contribution in [0.25, 0.3) is 0 Å². The van der Waals surface area contributed by atoms with E-state index in [4.69, 9.17) is 9.47 Å². The van der Waals surface area contributed by atoms with E-state index in [9.17, 15) is 4.79 Å². The molecule has 98 valence electrons. The molecule has 1 rings (SSSR count). The number of nitrogens with zero attached hydrogens (tertiary/aromatic N) is 1. The maximum Gasteiger partial charge on any atom is 0.221 e. The van der Waals surface area contributed by atoms with Crippen LogP contribution < -0.4 is 5.32 Å². The summed E-state index contributed by atoms with van der Waals surface area (Å²) in [5.41, 5.74) is 1.72. The van der Waals surface area contributed by atoms with E-state index in [0.717, 1.165) is 11.3 Å². The Balaban J connectivity index is 2.52. The van der Waals surface area contributed by atoms with E-state index in [2.05, 4.69) is 10.3 Å². The number of aliphatic imine (C=N–C) groups is 1. The number of hydrogen-bond donors (Lipinski definition) is 1. The zero-order valence-electron chi connectivity index (χ0n) is 10.8. The van der Waals surface area contributed by atoms with Gasteiger partial charge in [-0.25, -0.2) is 0 Å². The van der Waals surface area contributed by atoms with Crippen molar-refractivity contribution in [2.45, 2.75) is 13.2 Å². The molecule has 0 aliphatic heterocycles. The van der Waals surface area contributed by atoms with Crippen LogP contribution >= 0.6 is 0 Å². The number of benzene rings is 1. The number of nitrogens with one attached hydrogen (secondary N) is 1. The molecule has 1 aromatic carbocycles. The van der Waals surface area contributed by atoms with Crippen molar-refractivity contribution in [3.8, 4) is 0 Å². The van der Waals surface area contributed by atoms with Crippen LogP contribution in [0.4, 0.5) is 5.69 Å². The highest BCUT2D eigenvalue weighted by molar-refractivity contribution is 5.89. The number of carbonyl (C=O) groups excluding carboxylic acids is 1. The van der Waals surface area contributed by atoms with Crippen molar-refractivity contribution in [3.05, 3.63) is 29.8 Å². The van der Waals surface area contributed by atoms with Gasteiger partial charge in [0, 0.05) is 33.0 Å². The quantitative estimate of drug-likeness (QED) is 0.617. The van der Waals surface area contributed by atoms with Crippen LogP contribution in [-0.4, -0.2) is 39.2 Å². The molecule has 0 aliphatic carbocycles. The monoisotopic (exact) mass is 250 g/mol. The predicted octanol–water partition coefficient (Wildman–Crippen LogP) is 1.68. The van der Waals surface area contributed by atoms with Crippen LogP contribution in [0.3, 0.4) is 0 Å². The van der Waals surface area contributed by atoms with Gasteiger partial charge >= 0.3 is 0 Å². The van der Waals surface area contributed by atoms with Gasteiger partial charge < -0.3 is 14.8 Å². The number of rotatable bonds is 6. The first-order valence-corrected chi connectivity index (χ1v) is 5.58. The fourth-order valence-corrected chi connectivity index (χ4v) is 1.35. The highest BCUT2D eigenvalue weighted by atomic mass is 16.7. The summed E-state index contributed by atoms with van der Waals surface area (Å²) >= 11 is 0. The number of ether oxygens (including phenoxy) is 2. The van der Waals surface area contributed by atoms with E-state index in [0.29, 0.717) is 6.54 Å². The minimum Gasteiger partial charge on any atom is -0.354 e. The van der Waals surface area contributed by atoms with Crippen molar-refractivity contribution in [2.75, 3.05) is 26.1 Å². The van der Waals surface area contributed by atoms with E-state index in [-0.39, 0.29) is 12.2 Å². The smallest absolute Gasteiger partial charge is 0.221 e. The van der Waals surface area contributed by atoms with Gasteiger partial charge in [0.1, 0.15) is 0 Å². The number of amides is 1. The van der Waals surface area contributed by atoms with Crippen molar-refractivity contribution in [1.29, 1.82) is 0 Å². The molecule has 0 atom stereocenters. The minimum atomic E-state index is -0.320.